The molecular formula is C15H22O. The third kappa shape index (κ3) is 2.72. The first-order valence-corrected chi connectivity index (χ1v) is 5.97. The Hall–Kier alpha value is -1.11. The zero-order chi connectivity index (χ0) is 12.3. The number of carbonyl (C=O) groups excluding carboxylic acids is 1. The van der Waals surface area contributed by atoms with Crippen LogP contribution in [0.1, 0.15) is 43.9 Å². The quantitative estimate of drug-likeness (QED) is 0.750. The monoisotopic (exact) mass is 218 g/mol. The molecule has 0 saturated carbocycles. The summed E-state index contributed by atoms with van der Waals surface area (Å²) in [4.78, 5) is 12.2. The summed E-state index contributed by atoms with van der Waals surface area (Å²) in [6.07, 6.45) is 1.47. The molecule has 0 radical (unpaired) electrons. The molecule has 88 valence electrons. The molecule has 0 aliphatic rings. The maximum atomic E-state index is 12.2. The largest absolute Gasteiger partial charge is 0.299 e. The van der Waals surface area contributed by atoms with Gasteiger partial charge in [-0.2, -0.15) is 0 Å². The first-order chi connectivity index (χ1) is 7.38. The number of hydrogen-bond donors (Lipinski definition) is 0. The van der Waals surface area contributed by atoms with Crippen molar-refractivity contribution in [3.63, 3.8) is 0 Å². The summed E-state index contributed by atoms with van der Waals surface area (Å²) >= 11 is 0. The molecule has 0 aliphatic heterocycles. The first kappa shape index (κ1) is 13.0. The highest BCUT2D eigenvalue weighted by Crippen LogP contribution is 2.25. The van der Waals surface area contributed by atoms with Gasteiger partial charge in [-0.05, 0) is 37.0 Å². The number of hydrogen-bond acceptors (Lipinski definition) is 1. The number of benzene rings is 1. The van der Waals surface area contributed by atoms with Gasteiger partial charge in [0.2, 0.25) is 0 Å². The fourth-order valence-electron chi connectivity index (χ4n) is 1.72. The summed E-state index contributed by atoms with van der Waals surface area (Å²) in [6, 6.07) is 6.20. The van der Waals surface area contributed by atoms with Gasteiger partial charge in [-0.25, -0.2) is 0 Å². The molecule has 0 fully saturated rings. The van der Waals surface area contributed by atoms with E-state index in [2.05, 4.69) is 32.9 Å². The predicted octanol–water partition coefficient (Wildman–Crippen LogP) is 3.85. The van der Waals surface area contributed by atoms with Gasteiger partial charge in [0.05, 0.1) is 0 Å². The summed E-state index contributed by atoms with van der Waals surface area (Å²) in [5.41, 5.74) is 3.45. The Morgan fingerprint density at radius 3 is 2.12 bits per heavy atom. The van der Waals surface area contributed by atoms with E-state index >= 15 is 0 Å². The minimum atomic E-state index is -0.200. The molecule has 1 heteroatoms. The zero-order valence-electron chi connectivity index (χ0n) is 11.1. The van der Waals surface area contributed by atoms with Crippen LogP contribution in [0.2, 0.25) is 0 Å². The van der Waals surface area contributed by atoms with Crippen molar-refractivity contribution < 1.29 is 4.79 Å². The van der Waals surface area contributed by atoms with Gasteiger partial charge in [-0.15, -0.1) is 0 Å². The minimum Gasteiger partial charge on any atom is -0.299 e. The molecule has 1 aromatic carbocycles. The van der Waals surface area contributed by atoms with Crippen molar-refractivity contribution >= 4 is 5.78 Å². The maximum Gasteiger partial charge on any atom is 0.142 e. The fourth-order valence-corrected chi connectivity index (χ4v) is 1.72. The van der Waals surface area contributed by atoms with Crippen LogP contribution in [0.4, 0.5) is 0 Å². The van der Waals surface area contributed by atoms with Crippen molar-refractivity contribution in [2.24, 2.45) is 5.41 Å². The number of carbonyl (C=O) groups is 1. The fraction of sp³-hybridized carbons (Fsp3) is 0.533. The molecule has 0 unspecified atom stereocenters. The second-order valence-corrected chi connectivity index (χ2v) is 5.21. The first-order valence-electron chi connectivity index (χ1n) is 5.97. The molecule has 0 atom stereocenters. The van der Waals surface area contributed by atoms with Crippen LogP contribution in [-0.2, 0) is 11.2 Å². The van der Waals surface area contributed by atoms with E-state index < -0.39 is 0 Å². The van der Waals surface area contributed by atoms with Crippen molar-refractivity contribution in [1.82, 2.24) is 0 Å². The van der Waals surface area contributed by atoms with Crippen molar-refractivity contribution in [2.45, 2.75) is 47.5 Å². The molecule has 0 aliphatic carbocycles. The normalized spacial score (nSPS) is 11.6. The lowest BCUT2D eigenvalue weighted by molar-refractivity contribution is -0.126. The van der Waals surface area contributed by atoms with Crippen LogP contribution in [0.25, 0.3) is 0 Å². The number of aryl methyl sites for hydroxylation is 2. The van der Waals surface area contributed by atoms with Gasteiger partial charge in [0.1, 0.15) is 5.78 Å². The van der Waals surface area contributed by atoms with Gasteiger partial charge in [0.15, 0.2) is 0 Å². The van der Waals surface area contributed by atoms with E-state index in [0.29, 0.717) is 12.2 Å². The lowest BCUT2D eigenvalue weighted by Crippen LogP contribution is -2.25. The lowest BCUT2D eigenvalue weighted by Gasteiger charge is -2.22. The van der Waals surface area contributed by atoms with Gasteiger partial charge >= 0.3 is 0 Å². The molecule has 0 spiro atoms. The second kappa shape index (κ2) is 4.82. The van der Waals surface area contributed by atoms with Crippen molar-refractivity contribution in [1.29, 1.82) is 0 Å². The summed E-state index contributed by atoms with van der Waals surface area (Å²) < 4.78 is 0. The van der Waals surface area contributed by atoms with Crippen LogP contribution in [0.3, 0.4) is 0 Å². The highest BCUT2D eigenvalue weighted by molar-refractivity contribution is 5.86. The van der Waals surface area contributed by atoms with Crippen LogP contribution in [-0.4, -0.2) is 5.78 Å². The van der Waals surface area contributed by atoms with Crippen LogP contribution in [0.15, 0.2) is 18.2 Å². The van der Waals surface area contributed by atoms with Gasteiger partial charge in [0, 0.05) is 11.8 Å². The Morgan fingerprint density at radius 2 is 1.69 bits per heavy atom. The summed E-state index contributed by atoms with van der Waals surface area (Å²) in [6.45, 7) is 10.3. The Balaban J connectivity index is 2.94. The Bertz CT molecular complexity index is 368. The van der Waals surface area contributed by atoms with E-state index in [1.54, 1.807) is 0 Å². The van der Waals surface area contributed by atoms with Gasteiger partial charge in [-0.3, -0.25) is 4.79 Å². The van der Waals surface area contributed by atoms with Crippen LogP contribution >= 0.6 is 0 Å². The highest BCUT2D eigenvalue weighted by atomic mass is 16.1. The van der Waals surface area contributed by atoms with Gasteiger partial charge in [0.25, 0.3) is 0 Å². The van der Waals surface area contributed by atoms with E-state index in [9.17, 15) is 4.79 Å². The van der Waals surface area contributed by atoms with E-state index in [1.807, 2.05) is 19.9 Å². The van der Waals surface area contributed by atoms with E-state index in [-0.39, 0.29) is 5.41 Å². The summed E-state index contributed by atoms with van der Waals surface area (Å²) in [5, 5.41) is 0. The molecule has 0 heterocycles. The topological polar surface area (TPSA) is 17.1 Å². The second-order valence-electron chi connectivity index (χ2n) is 5.21. The Labute approximate surface area is 98.9 Å². The van der Waals surface area contributed by atoms with E-state index in [1.165, 1.54) is 16.7 Å². The van der Waals surface area contributed by atoms with Crippen molar-refractivity contribution in [3.05, 3.63) is 34.9 Å². The van der Waals surface area contributed by atoms with Crippen LogP contribution in [0, 0.1) is 19.3 Å². The zero-order valence-corrected chi connectivity index (χ0v) is 11.1. The lowest BCUT2D eigenvalue weighted by atomic mass is 9.81. The highest BCUT2D eigenvalue weighted by Gasteiger charge is 2.25. The molecule has 0 aromatic heterocycles. The summed E-state index contributed by atoms with van der Waals surface area (Å²) in [5.74, 6) is 0.340. The Morgan fingerprint density at radius 1 is 1.19 bits per heavy atom. The third-order valence-corrected chi connectivity index (χ3v) is 3.62. The molecule has 16 heavy (non-hydrogen) atoms. The predicted molar refractivity (Wildman–Crippen MR) is 68.7 cm³/mol. The van der Waals surface area contributed by atoms with Crippen LogP contribution < -0.4 is 0 Å². The minimum absolute atomic E-state index is 0.200. The SMILES string of the molecule is CCC(C)(C)C(=O)Cc1c(C)cccc1C. The maximum absolute atomic E-state index is 12.2. The third-order valence-electron chi connectivity index (χ3n) is 3.62. The van der Waals surface area contributed by atoms with E-state index in [0.717, 1.165) is 6.42 Å². The molecule has 1 rings (SSSR count). The van der Waals surface area contributed by atoms with E-state index in [4.69, 9.17) is 0 Å². The average Bonchev–Trinajstić information content (AvgIpc) is 2.23. The number of rotatable bonds is 4. The van der Waals surface area contributed by atoms with Crippen LogP contribution in [0.5, 0.6) is 0 Å². The molecular weight excluding hydrogens is 196 g/mol. The number of Topliss-reactive ketones (excluding diaryl/α,β-unsaturated/α-hetero) is 1. The standard InChI is InChI=1S/C15H22O/c1-6-15(4,5)14(16)10-13-11(2)8-7-9-12(13)3/h7-9H,6,10H2,1-5H3. The smallest absolute Gasteiger partial charge is 0.142 e. The van der Waals surface area contributed by atoms with Gasteiger partial charge < -0.3 is 0 Å². The van der Waals surface area contributed by atoms with Crippen molar-refractivity contribution in [3.8, 4) is 0 Å². The molecule has 0 bridgehead atoms. The summed E-state index contributed by atoms with van der Waals surface area (Å²) in [7, 11) is 0. The molecule has 1 aromatic rings. The molecule has 0 N–H and O–H groups in total. The van der Waals surface area contributed by atoms with Gasteiger partial charge in [-0.1, -0.05) is 39.0 Å². The molecule has 1 nitrogen and oxygen atoms in total. The Kier molecular flexibility index (Phi) is 3.90. The number of ketones is 1. The van der Waals surface area contributed by atoms with Crippen molar-refractivity contribution in [2.75, 3.05) is 0 Å². The molecule has 0 saturated heterocycles. The molecule has 0 amide bonds. The average molecular weight is 218 g/mol.